The highest BCUT2D eigenvalue weighted by Crippen LogP contribution is 2.46. The van der Waals surface area contributed by atoms with Crippen LogP contribution in [0.3, 0.4) is 0 Å². The number of morpholine rings is 1. The summed E-state index contributed by atoms with van der Waals surface area (Å²) >= 11 is 6.51. The van der Waals surface area contributed by atoms with Crippen molar-refractivity contribution in [2.24, 2.45) is 23.7 Å². The molecule has 0 aromatic heterocycles. The number of carbonyl (C=O) groups excluding carboxylic acids is 1. The number of amides is 1. The monoisotopic (exact) mass is 722 g/mol. The van der Waals surface area contributed by atoms with Gasteiger partial charge in [-0.3, -0.25) is 9.69 Å². The standard InChI is InChI=1S/C41H59ClN4O3S/c1-5-7-30-20-35(42)12-14-37(30)34-24-46-23-33-10-13-38(33)32(22-44-16-17-45-18-19-48-27-36(45)25-44)9-6-8-28(2)29(3)50(4)43-41(47)31-11-15-40(49-26-34)39(46)21-31/h11-12,14-15,20-21,28-29,32-34,36,38H,4-10,13,16-19,22-27H2,1-3H3,(H,43,47). The quantitative estimate of drug-likeness (QED) is 0.323. The molecule has 4 heterocycles. The fourth-order valence-corrected chi connectivity index (χ4v) is 10.9. The average molecular weight is 723 g/mol. The number of benzene rings is 2. The van der Waals surface area contributed by atoms with Gasteiger partial charge in [-0.25, -0.2) is 0 Å². The molecule has 9 heteroatoms. The molecule has 2 aromatic carbocycles. The molecular formula is C41H59ClN4O3S. The number of nitrogens with zero attached hydrogens (tertiary/aromatic N) is 3. The molecule has 2 aromatic rings. The molecule has 0 spiro atoms. The molecule has 1 saturated carbocycles. The number of ether oxygens (including phenoxy) is 2. The Hall–Kier alpha value is -2.10. The zero-order valence-electron chi connectivity index (χ0n) is 30.6. The molecule has 2 saturated heterocycles. The number of anilines is 1. The minimum atomic E-state index is -0.470. The SMILES string of the molecule is C=S1NC(=O)c2ccc3c(c2)N(CC(c2ccc(Cl)cc2CCC)CO3)CC2CCC2C(CN2CCN3CCOCC3C2)CCCC(C)C1C. The van der Waals surface area contributed by atoms with Crippen molar-refractivity contribution in [3.63, 3.8) is 0 Å². The molecule has 2 bridgehead atoms. The third-order valence-corrected chi connectivity index (χ3v) is 14.8. The maximum absolute atomic E-state index is 13.7. The Morgan fingerprint density at radius 3 is 2.70 bits per heavy atom. The summed E-state index contributed by atoms with van der Waals surface area (Å²) in [4.78, 5) is 21.7. The van der Waals surface area contributed by atoms with Crippen LogP contribution in [0.2, 0.25) is 5.02 Å². The third kappa shape index (κ3) is 8.10. The molecule has 1 amide bonds. The molecule has 8 unspecified atom stereocenters. The maximum atomic E-state index is 13.7. The van der Waals surface area contributed by atoms with E-state index in [-0.39, 0.29) is 11.8 Å². The largest absolute Gasteiger partial charge is 0.491 e. The van der Waals surface area contributed by atoms with Crippen LogP contribution in [0.15, 0.2) is 36.4 Å². The molecule has 50 heavy (non-hydrogen) atoms. The lowest BCUT2D eigenvalue weighted by molar-refractivity contribution is -0.0519. The van der Waals surface area contributed by atoms with Crippen molar-refractivity contribution < 1.29 is 14.3 Å². The van der Waals surface area contributed by atoms with Crippen molar-refractivity contribution in [1.29, 1.82) is 0 Å². The number of carbonyl (C=O) groups is 1. The molecule has 1 aliphatic carbocycles. The number of aryl methyl sites for hydroxylation is 1. The van der Waals surface area contributed by atoms with Crippen LogP contribution in [0.25, 0.3) is 0 Å². The van der Waals surface area contributed by atoms with E-state index in [1.54, 1.807) is 0 Å². The van der Waals surface area contributed by atoms with Crippen LogP contribution in [-0.4, -0.2) is 98.5 Å². The molecule has 274 valence electrons. The van der Waals surface area contributed by atoms with Crippen molar-refractivity contribution in [1.82, 2.24) is 14.5 Å². The summed E-state index contributed by atoms with van der Waals surface area (Å²) in [6, 6.07) is 13.0. The Balaban J connectivity index is 1.19. The van der Waals surface area contributed by atoms with Crippen LogP contribution in [0.1, 0.15) is 86.7 Å². The molecule has 8 atom stereocenters. The van der Waals surface area contributed by atoms with Crippen LogP contribution in [0, 0.1) is 23.7 Å². The van der Waals surface area contributed by atoms with Gasteiger partial charge in [0.1, 0.15) is 5.75 Å². The summed E-state index contributed by atoms with van der Waals surface area (Å²) in [7, 11) is -0.470. The summed E-state index contributed by atoms with van der Waals surface area (Å²) in [6.07, 6.45) is 8.34. The Labute approximate surface area is 308 Å². The molecule has 7 nitrogen and oxygen atoms in total. The topological polar surface area (TPSA) is 57.3 Å². The first-order valence-corrected chi connectivity index (χ1v) is 21.3. The van der Waals surface area contributed by atoms with Crippen LogP contribution >= 0.6 is 22.3 Å². The van der Waals surface area contributed by atoms with Gasteiger partial charge in [-0.1, -0.05) is 67.8 Å². The molecule has 1 N–H and O–H groups in total. The first-order valence-electron chi connectivity index (χ1n) is 19.4. The third-order valence-electron chi connectivity index (χ3n) is 12.8. The zero-order valence-corrected chi connectivity index (χ0v) is 32.2. The van der Waals surface area contributed by atoms with Crippen molar-refractivity contribution in [2.45, 2.75) is 82.9 Å². The first kappa shape index (κ1) is 36.3. The number of fused-ring (bicyclic) bond motifs is 3. The molecular weight excluding hydrogens is 664 g/mol. The van der Waals surface area contributed by atoms with Crippen LogP contribution in [0.4, 0.5) is 5.69 Å². The second kappa shape index (κ2) is 16.3. The van der Waals surface area contributed by atoms with Gasteiger partial charge in [0.25, 0.3) is 5.91 Å². The zero-order chi connectivity index (χ0) is 34.8. The van der Waals surface area contributed by atoms with Gasteiger partial charge in [0, 0.05) is 73.6 Å². The maximum Gasteiger partial charge on any atom is 0.260 e. The van der Waals surface area contributed by atoms with Crippen molar-refractivity contribution in [3.05, 3.63) is 58.1 Å². The molecule has 5 aliphatic rings. The predicted molar refractivity (Wildman–Crippen MR) is 209 cm³/mol. The van der Waals surface area contributed by atoms with Gasteiger partial charge in [-0.15, -0.1) is 0 Å². The summed E-state index contributed by atoms with van der Waals surface area (Å²) in [5.74, 6) is 8.04. The number of hydrogen-bond acceptors (Lipinski definition) is 6. The number of hydrogen-bond donors (Lipinski definition) is 1. The highest BCUT2D eigenvalue weighted by molar-refractivity contribution is 8.13. The summed E-state index contributed by atoms with van der Waals surface area (Å²) in [5, 5.41) is 1.11. The van der Waals surface area contributed by atoms with Gasteiger partial charge in [-0.2, -0.15) is 0 Å². The van der Waals surface area contributed by atoms with E-state index in [4.69, 9.17) is 21.1 Å². The van der Waals surface area contributed by atoms with Gasteiger partial charge in [0.2, 0.25) is 0 Å². The van der Waals surface area contributed by atoms with E-state index in [0.717, 1.165) is 68.7 Å². The average Bonchev–Trinajstić information content (AvgIpc) is 3.28. The van der Waals surface area contributed by atoms with Gasteiger partial charge < -0.3 is 24.0 Å². The van der Waals surface area contributed by atoms with Crippen LogP contribution < -0.4 is 14.4 Å². The lowest BCUT2D eigenvalue weighted by Gasteiger charge is -2.48. The fraction of sp³-hybridized carbons (Fsp3) is 0.659. The Bertz CT molecular complexity index is 1520. The van der Waals surface area contributed by atoms with Crippen molar-refractivity contribution in [3.8, 4) is 5.75 Å². The lowest BCUT2D eigenvalue weighted by Crippen LogP contribution is -2.59. The van der Waals surface area contributed by atoms with E-state index < -0.39 is 10.7 Å². The van der Waals surface area contributed by atoms with Crippen LogP contribution in [-0.2, 0) is 11.2 Å². The number of nitrogens with one attached hydrogen (secondary N) is 1. The van der Waals surface area contributed by atoms with Gasteiger partial charge >= 0.3 is 0 Å². The van der Waals surface area contributed by atoms with Gasteiger partial charge in [0.15, 0.2) is 0 Å². The van der Waals surface area contributed by atoms with Gasteiger partial charge in [-0.05, 0) is 97.2 Å². The van der Waals surface area contributed by atoms with Crippen molar-refractivity contribution >= 4 is 39.7 Å². The highest BCUT2D eigenvalue weighted by atomic mass is 35.5. The highest BCUT2D eigenvalue weighted by Gasteiger charge is 2.41. The van der Waals surface area contributed by atoms with E-state index >= 15 is 0 Å². The number of piperazine rings is 1. The molecule has 4 aliphatic heterocycles. The number of rotatable bonds is 5. The van der Waals surface area contributed by atoms with E-state index in [9.17, 15) is 4.79 Å². The van der Waals surface area contributed by atoms with Crippen LogP contribution in [0.5, 0.6) is 5.75 Å². The normalized spacial score (nSPS) is 32.9. The van der Waals surface area contributed by atoms with E-state index in [2.05, 4.69) is 64.3 Å². The lowest BCUT2D eigenvalue weighted by atomic mass is 9.65. The Kier molecular flexibility index (Phi) is 11.8. The second-order valence-corrected chi connectivity index (χ2v) is 18.2. The smallest absolute Gasteiger partial charge is 0.260 e. The van der Waals surface area contributed by atoms with E-state index in [1.807, 2.05) is 18.2 Å². The molecule has 3 fully saturated rings. The van der Waals surface area contributed by atoms with E-state index in [0.29, 0.717) is 47.1 Å². The Morgan fingerprint density at radius 2 is 1.88 bits per heavy atom. The van der Waals surface area contributed by atoms with Crippen molar-refractivity contribution in [2.75, 3.05) is 70.5 Å². The van der Waals surface area contributed by atoms with Gasteiger partial charge in [0.05, 0.1) is 25.5 Å². The first-order chi connectivity index (χ1) is 24.3. The Morgan fingerprint density at radius 1 is 1.00 bits per heavy atom. The molecule has 7 rings (SSSR count). The second-order valence-electron chi connectivity index (χ2n) is 15.9. The minimum absolute atomic E-state index is 0.0361. The summed E-state index contributed by atoms with van der Waals surface area (Å²) in [5.41, 5.74) is 4.41. The van der Waals surface area contributed by atoms with E-state index in [1.165, 1.54) is 62.9 Å². The minimum Gasteiger partial charge on any atom is -0.491 e. The predicted octanol–water partition coefficient (Wildman–Crippen LogP) is 7.49. The number of halogens is 1. The fourth-order valence-electron chi connectivity index (χ4n) is 9.42. The summed E-state index contributed by atoms with van der Waals surface area (Å²) in [6.45, 7) is 16.8. The summed E-state index contributed by atoms with van der Waals surface area (Å²) < 4.78 is 15.8. The molecule has 0 radical (unpaired) electrons.